The predicted molar refractivity (Wildman–Crippen MR) is 67.9 cm³/mol. The molecule has 19 heavy (non-hydrogen) atoms. The van der Waals surface area contributed by atoms with E-state index in [2.05, 4.69) is 5.32 Å². The molecule has 2 aliphatic rings. The van der Waals surface area contributed by atoms with Crippen molar-refractivity contribution in [2.75, 3.05) is 13.2 Å². The number of rotatable bonds is 4. The summed E-state index contributed by atoms with van der Waals surface area (Å²) in [5.74, 6) is -2.99. The monoisotopic (exact) mass is 275 g/mol. The number of halogens is 2. The third-order valence-corrected chi connectivity index (χ3v) is 4.73. The lowest BCUT2D eigenvalue weighted by atomic mass is 9.84. The molecule has 0 bridgehead atoms. The molecule has 2 saturated carbocycles. The summed E-state index contributed by atoms with van der Waals surface area (Å²) in [5.41, 5.74) is -0.172. The Morgan fingerprint density at radius 3 is 2.26 bits per heavy atom. The SMILES string of the molecule is O=C(NCC1(CO)CCCC1)C1CCC(F)(F)CC1. The molecule has 110 valence electrons. The molecular formula is C14H23F2NO2. The van der Waals surface area contributed by atoms with Crippen LogP contribution in [-0.2, 0) is 4.79 Å². The van der Waals surface area contributed by atoms with Gasteiger partial charge < -0.3 is 10.4 Å². The Labute approximate surface area is 112 Å². The van der Waals surface area contributed by atoms with Crippen LogP contribution in [0.4, 0.5) is 8.78 Å². The molecule has 0 aromatic heterocycles. The van der Waals surface area contributed by atoms with Crippen LogP contribution in [0, 0.1) is 11.3 Å². The van der Waals surface area contributed by atoms with E-state index in [1.165, 1.54) is 0 Å². The average Bonchev–Trinajstić information content (AvgIpc) is 2.85. The van der Waals surface area contributed by atoms with E-state index < -0.39 is 5.92 Å². The molecule has 0 radical (unpaired) electrons. The van der Waals surface area contributed by atoms with Gasteiger partial charge in [-0.05, 0) is 25.7 Å². The summed E-state index contributed by atoms with van der Waals surface area (Å²) in [4.78, 5) is 12.0. The third-order valence-electron chi connectivity index (χ3n) is 4.73. The molecule has 1 amide bonds. The zero-order valence-electron chi connectivity index (χ0n) is 11.3. The second-order valence-electron chi connectivity index (χ2n) is 6.21. The largest absolute Gasteiger partial charge is 0.396 e. The highest BCUT2D eigenvalue weighted by Gasteiger charge is 2.38. The highest BCUT2D eigenvalue weighted by Crippen LogP contribution is 2.38. The van der Waals surface area contributed by atoms with E-state index in [1.807, 2.05) is 0 Å². The summed E-state index contributed by atoms with van der Waals surface area (Å²) in [6.45, 7) is 0.575. The smallest absolute Gasteiger partial charge is 0.248 e. The first-order valence-electron chi connectivity index (χ1n) is 7.23. The summed E-state index contributed by atoms with van der Waals surface area (Å²) < 4.78 is 26.0. The van der Waals surface area contributed by atoms with E-state index in [4.69, 9.17) is 0 Å². The van der Waals surface area contributed by atoms with Crippen molar-refractivity contribution in [2.24, 2.45) is 11.3 Å². The van der Waals surface area contributed by atoms with Crippen molar-refractivity contribution in [1.29, 1.82) is 0 Å². The molecule has 2 aliphatic carbocycles. The van der Waals surface area contributed by atoms with Gasteiger partial charge in [0.2, 0.25) is 11.8 Å². The molecule has 0 aliphatic heterocycles. The quantitative estimate of drug-likeness (QED) is 0.828. The zero-order valence-corrected chi connectivity index (χ0v) is 11.3. The number of amides is 1. The lowest BCUT2D eigenvalue weighted by Crippen LogP contribution is -2.42. The first-order valence-corrected chi connectivity index (χ1v) is 7.23. The maximum absolute atomic E-state index is 13.0. The molecule has 0 unspecified atom stereocenters. The van der Waals surface area contributed by atoms with Crippen molar-refractivity contribution in [3.05, 3.63) is 0 Å². The Kier molecular flexibility index (Phi) is 4.43. The van der Waals surface area contributed by atoms with Crippen LogP contribution in [0.1, 0.15) is 51.4 Å². The molecule has 2 rings (SSSR count). The molecule has 0 aromatic carbocycles. The Morgan fingerprint density at radius 1 is 1.16 bits per heavy atom. The number of carbonyl (C=O) groups excluding carboxylic acids is 1. The molecule has 0 spiro atoms. The number of aliphatic hydroxyl groups excluding tert-OH is 1. The minimum absolute atomic E-state index is 0.0933. The van der Waals surface area contributed by atoms with Gasteiger partial charge in [0.1, 0.15) is 0 Å². The van der Waals surface area contributed by atoms with Crippen LogP contribution >= 0.6 is 0 Å². The highest BCUT2D eigenvalue weighted by molar-refractivity contribution is 5.78. The summed E-state index contributed by atoms with van der Waals surface area (Å²) >= 11 is 0. The van der Waals surface area contributed by atoms with Gasteiger partial charge >= 0.3 is 0 Å². The molecule has 0 heterocycles. The molecule has 0 saturated heterocycles. The number of carbonyl (C=O) groups is 1. The third kappa shape index (κ3) is 3.65. The summed E-state index contributed by atoms with van der Waals surface area (Å²) in [5, 5.41) is 12.3. The lowest BCUT2D eigenvalue weighted by Gasteiger charge is -2.30. The van der Waals surface area contributed by atoms with Gasteiger partial charge in [0, 0.05) is 30.7 Å². The first kappa shape index (κ1) is 14.7. The van der Waals surface area contributed by atoms with Gasteiger partial charge in [-0.25, -0.2) is 8.78 Å². The number of alkyl halides is 2. The van der Waals surface area contributed by atoms with Crippen molar-refractivity contribution in [2.45, 2.75) is 57.3 Å². The van der Waals surface area contributed by atoms with E-state index in [9.17, 15) is 18.7 Å². The Hall–Kier alpha value is -0.710. The topological polar surface area (TPSA) is 49.3 Å². The fourth-order valence-electron chi connectivity index (χ4n) is 3.24. The Bertz CT molecular complexity index is 317. The zero-order chi connectivity index (χ0) is 13.9. The van der Waals surface area contributed by atoms with Crippen molar-refractivity contribution in [3.8, 4) is 0 Å². The Morgan fingerprint density at radius 2 is 1.74 bits per heavy atom. The standard InChI is InChI=1S/C14H23F2NO2/c15-14(16)7-3-11(4-8-14)12(19)17-9-13(10-18)5-1-2-6-13/h11,18H,1-10H2,(H,17,19). The number of nitrogens with one attached hydrogen (secondary N) is 1. The molecule has 0 aromatic rings. The molecule has 3 nitrogen and oxygen atoms in total. The van der Waals surface area contributed by atoms with E-state index in [0.717, 1.165) is 25.7 Å². The van der Waals surface area contributed by atoms with E-state index >= 15 is 0 Å². The van der Waals surface area contributed by atoms with Crippen LogP contribution in [0.3, 0.4) is 0 Å². The number of hydrogen-bond donors (Lipinski definition) is 2. The molecule has 2 N–H and O–H groups in total. The van der Waals surface area contributed by atoms with E-state index in [-0.39, 0.29) is 49.5 Å². The van der Waals surface area contributed by atoms with Crippen LogP contribution < -0.4 is 5.32 Å². The molecular weight excluding hydrogens is 252 g/mol. The maximum Gasteiger partial charge on any atom is 0.248 e. The van der Waals surface area contributed by atoms with Crippen LogP contribution in [0.25, 0.3) is 0 Å². The van der Waals surface area contributed by atoms with Crippen LogP contribution in [0.5, 0.6) is 0 Å². The van der Waals surface area contributed by atoms with Crippen LogP contribution in [-0.4, -0.2) is 30.1 Å². The first-order chi connectivity index (χ1) is 8.96. The summed E-state index contributed by atoms with van der Waals surface area (Å²) in [6, 6.07) is 0. The van der Waals surface area contributed by atoms with Gasteiger partial charge in [0.25, 0.3) is 0 Å². The second-order valence-corrected chi connectivity index (χ2v) is 6.21. The van der Waals surface area contributed by atoms with Crippen LogP contribution in [0.15, 0.2) is 0 Å². The van der Waals surface area contributed by atoms with Crippen molar-refractivity contribution >= 4 is 5.91 Å². The van der Waals surface area contributed by atoms with Gasteiger partial charge in [-0.15, -0.1) is 0 Å². The fraction of sp³-hybridized carbons (Fsp3) is 0.929. The minimum Gasteiger partial charge on any atom is -0.396 e. The van der Waals surface area contributed by atoms with E-state index in [1.54, 1.807) is 0 Å². The lowest BCUT2D eigenvalue weighted by molar-refractivity contribution is -0.129. The normalized spacial score (nSPS) is 26.3. The van der Waals surface area contributed by atoms with Crippen molar-refractivity contribution in [3.63, 3.8) is 0 Å². The van der Waals surface area contributed by atoms with Crippen molar-refractivity contribution in [1.82, 2.24) is 5.32 Å². The number of aliphatic hydroxyl groups is 1. The Balaban J connectivity index is 1.78. The van der Waals surface area contributed by atoms with Gasteiger partial charge in [-0.2, -0.15) is 0 Å². The second kappa shape index (κ2) is 5.73. The molecule has 2 fully saturated rings. The molecule has 0 atom stereocenters. The number of hydrogen-bond acceptors (Lipinski definition) is 2. The summed E-state index contributed by atoms with van der Waals surface area (Å²) in [7, 11) is 0. The van der Waals surface area contributed by atoms with Crippen LogP contribution in [0.2, 0.25) is 0 Å². The van der Waals surface area contributed by atoms with Gasteiger partial charge in [-0.1, -0.05) is 12.8 Å². The predicted octanol–water partition coefficient (Wildman–Crippen LogP) is 2.48. The van der Waals surface area contributed by atoms with Gasteiger partial charge in [-0.3, -0.25) is 4.79 Å². The van der Waals surface area contributed by atoms with Gasteiger partial charge in [0.05, 0.1) is 6.61 Å². The van der Waals surface area contributed by atoms with Crippen molar-refractivity contribution < 1.29 is 18.7 Å². The fourth-order valence-corrected chi connectivity index (χ4v) is 3.24. The highest BCUT2D eigenvalue weighted by atomic mass is 19.3. The maximum atomic E-state index is 13.0. The molecule has 5 heteroatoms. The minimum atomic E-state index is -2.59. The van der Waals surface area contributed by atoms with E-state index in [0.29, 0.717) is 6.54 Å². The summed E-state index contributed by atoms with van der Waals surface area (Å²) in [6.07, 6.45) is 4.22. The van der Waals surface area contributed by atoms with Gasteiger partial charge in [0.15, 0.2) is 0 Å². The average molecular weight is 275 g/mol.